The van der Waals surface area contributed by atoms with Crippen LogP contribution in [0.4, 0.5) is 4.39 Å². The molecule has 0 aliphatic heterocycles. The fourth-order valence-corrected chi connectivity index (χ4v) is 1.05. The molecule has 0 fully saturated rings. The molecule has 1 aromatic carbocycles. The van der Waals surface area contributed by atoms with E-state index in [-0.39, 0.29) is 5.82 Å². The van der Waals surface area contributed by atoms with Gasteiger partial charge in [-0.2, -0.15) is 0 Å². The number of ether oxygens (including phenoxy) is 2. The van der Waals surface area contributed by atoms with Crippen LogP contribution in [0.25, 0.3) is 0 Å². The van der Waals surface area contributed by atoms with Crippen molar-refractivity contribution in [2.24, 2.45) is 0 Å². The Hall–Kier alpha value is -1.09. The molecule has 0 bridgehead atoms. The summed E-state index contributed by atoms with van der Waals surface area (Å²) in [6.07, 6.45) is 0.824. The molecule has 0 atom stereocenters. The number of rotatable bonds is 6. The Labute approximate surface area is 83.6 Å². The molecule has 3 heteroatoms. The fourth-order valence-electron chi connectivity index (χ4n) is 1.05. The highest BCUT2D eigenvalue weighted by Gasteiger charge is 1.95. The van der Waals surface area contributed by atoms with E-state index in [0.717, 1.165) is 13.0 Å². The molecule has 0 aliphatic carbocycles. The Morgan fingerprint density at radius 1 is 1.29 bits per heavy atom. The number of hydrogen-bond acceptors (Lipinski definition) is 2. The van der Waals surface area contributed by atoms with Gasteiger partial charge in [0.1, 0.15) is 11.6 Å². The number of hydrogen-bond donors (Lipinski definition) is 0. The molecule has 0 spiro atoms. The Kier molecular flexibility index (Phi) is 5.00. The highest BCUT2D eigenvalue weighted by atomic mass is 19.1. The van der Waals surface area contributed by atoms with Crippen LogP contribution in [0.15, 0.2) is 24.3 Å². The summed E-state index contributed by atoms with van der Waals surface area (Å²) in [5, 5.41) is 0. The van der Waals surface area contributed by atoms with Gasteiger partial charge in [0, 0.05) is 25.7 Å². The van der Waals surface area contributed by atoms with Crippen molar-refractivity contribution in [2.75, 3.05) is 19.8 Å². The number of benzene rings is 1. The summed E-state index contributed by atoms with van der Waals surface area (Å²) in [5.74, 6) is 0.300. The van der Waals surface area contributed by atoms with Crippen molar-refractivity contribution in [1.29, 1.82) is 0 Å². The normalized spacial score (nSPS) is 10.1. The fraction of sp³-hybridized carbons (Fsp3) is 0.455. The highest BCUT2D eigenvalue weighted by molar-refractivity contribution is 5.22. The predicted octanol–water partition coefficient (Wildman–Crippen LogP) is 2.63. The van der Waals surface area contributed by atoms with E-state index < -0.39 is 0 Å². The average Bonchev–Trinajstić information content (AvgIpc) is 2.18. The van der Waals surface area contributed by atoms with E-state index in [9.17, 15) is 4.39 Å². The molecular formula is C11H15FO2. The minimum absolute atomic E-state index is 0.271. The lowest BCUT2D eigenvalue weighted by Crippen LogP contribution is -2.02. The summed E-state index contributed by atoms with van der Waals surface area (Å²) in [4.78, 5) is 0. The van der Waals surface area contributed by atoms with Crippen LogP contribution in [0.5, 0.6) is 5.75 Å². The summed E-state index contributed by atoms with van der Waals surface area (Å²) < 4.78 is 23.1. The van der Waals surface area contributed by atoms with Crippen molar-refractivity contribution < 1.29 is 13.9 Å². The zero-order chi connectivity index (χ0) is 10.2. The molecule has 0 amide bonds. The first kappa shape index (κ1) is 11.0. The van der Waals surface area contributed by atoms with Gasteiger partial charge in [-0.3, -0.25) is 0 Å². The van der Waals surface area contributed by atoms with Crippen LogP contribution in [0.1, 0.15) is 13.3 Å². The van der Waals surface area contributed by atoms with Crippen molar-refractivity contribution in [3.05, 3.63) is 30.1 Å². The quantitative estimate of drug-likeness (QED) is 0.654. The first-order chi connectivity index (χ1) is 6.83. The van der Waals surface area contributed by atoms with E-state index in [0.29, 0.717) is 19.0 Å². The maximum atomic E-state index is 12.7. The number of halogens is 1. The average molecular weight is 198 g/mol. The molecule has 0 unspecified atom stereocenters. The van der Waals surface area contributed by atoms with Crippen LogP contribution in [-0.2, 0) is 4.74 Å². The van der Waals surface area contributed by atoms with Gasteiger partial charge in [0.2, 0.25) is 0 Å². The SMILES string of the molecule is CCOCCCOc1cccc(F)c1. The van der Waals surface area contributed by atoms with Crippen molar-refractivity contribution in [3.63, 3.8) is 0 Å². The first-order valence-corrected chi connectivity index (χ1v) is 4.79. The second-order valence-corrected chi connectivity index (χ2v) is 2.86. The molecule has 2 nitrogen and oxygen atoms in total. The largest absolute Gasteiger partial charge is 0.493 e. The van der Waals surface area contributed by atoms with Crippen LogP contribution in [-0.4, -0.2) is 19.8 Å². The van der Waals surface area contributed by atoms with Crippen molar-refractivity contribution >= 4 is 0 Å². The summed E-state index contributed by atoms with van der Waals surface area (Å²) in [6.45, 7) is 3.92. The third kappa shape index (κ3) is 4.23. The minimum atomic E-state index is -0.271. The summed E-state index contributed by atoms with van der Waals surface area (Å²) in [5.41, 5.74) is 0. The molecule has 0 radical (unpaired) electrons. The van der Waals surface area contributed by atoms with Gasteiger partial charge in [0.15, 0.2) is 0 Å². The summed E-state index contributed by atoms with van der Waals surface area (Å²) >= 11 is 0. The molecule has 0 aliphatic rings. The van der Waals surface area contributed by atoms with Gasteiger partial charge in [-0.1, -0.05) is 6.07 Å². The van der Waals surface area contributed by atoms with Crippen LogP contribution in [0.3, 0.4) is 0 Å². The monoisotopic (exact) mass is 198 g/mol. The predicted molar refractivity (Wildman–Crippen MR) is 53.0 cm³/mol. The van der Waals surface area contributed by atoms with Crippen molar-refractivity contribution in [3.8, 4) is 5.75 Å². The van der Waals surface area contributed by atoms with E-state index >= 15 is 0 Å². The summed E-state index contributed by atoms with van der Waals surface area (Å²) in [7, 11) is 0. The zero-order valence-corrected chi connectivity index (χ0v) is 8.33. The van der Waals surface area contributed by atoms with Gasteiger partial charge in [0.05, 0.1) is 6.61 Å². The van der Waals surface area contributed by atoms with E-state index in [4.69, 9.17) is 9.47 Å². The molecule has 0 heterocycles. The van der Waals surface area contributed by atoms with Crippen molar-refractivity contribution in [2.45, 2.75) is 13.3 Å². The van der Waals surface area contributed by atoms with Gasteiger partial charge >= 0.3 is 0 Å². The van der Waals surface area contributed by atoms with Crippen LogP contribution in [0, 0.1) is 5.82 Å². The van der Waals surface area contributed by atoms with Gasteiger partial charge in [-0.05, 0) is 19.1 Å². The van der Waals surface area contributed by atoms with Crippen LogP contribution < -0.4 is 4.74 Å². The summed E-state index contributed by atoms with van der Waals surface area (Å²) in [6, 6.07) is 6.14. The van der Waals surface area contributed by atoms with Gasteiger partial charge in [-0.15, -0.1) is 0 Å². The van der Waals surface area contributed by atoms with E-state index in [2.05, 4.69) is 0 Å². The Morgan fingerprint density at radius 3 is 2.86 bits per heavy atom. The second-order valence-electron chi connectivity index (χ2n) is 2.86. The maximum Gasteiger partial charge on any atom is 0.126 e. The molecule has 0 aromatic heterocycles. The molecule has 1 rings (SSSR count). The molecule has 0 N–H and O–H groups in total. The minimum Gasteiger partial charge on any atom is -0.493 e. The van der Waals surface area contributed by atoms with Gasteiger partial charge in [0.25, 0.3) is 0 Å². The Morgan fingerprint density at radius 2 is 2.14 bits per heavy atom. The van der Waals surface area contributed by atoms with Crippen LogP contribution in [0.2, 0.25) is 0 Å². The second kappa shape index (κ2) is 6.38. The molecule has 14 heavy (non-hydrogen) atoms. The van der Waals surface area contributed by atoms with E-state index in [1.165, 1.54) is 12.1 Å². The van der Waals surface area contributed by atoms with Gasteiger partial charge < -0.3 is 9.47 Å². The lowest BCUT2D eigenvalue weighted by Gasteiger charge is -2.05. The maximum absolute atomic E-state index is 12.7. The third-order valence-corrected chi connectivity index (χ3v) is 1.70. The Balaban J connectivity index is 2.18. The zero-order valence-electron chi connectivity index (χ0n) is 8.33. The van der Waals surface area contributed by atoms with Crippen LogP contribution >= 0.6 is 0 Å². The third-order valence-electron chi connectivity index (χ3n) is 1.70. The topological polar surface area (TPSA) is 18.5 Å². The van der Waals surface area contributed by atoms with Gasteiger partial charge in [-0.25, -0.2) is 4.39 Å². The first-order valence-electron chi connectivity index (χ1n) is 4.79. The van der Waals surface area contributed by atoms with Crippen molar-refractivity contribution in [1.82, 2.24) is 0 Å². The lowest BCUT2D eigenvalue weighted by molar-refractivity contribution is 0.131. The Bertz CT molecular complexity index is 263. The molecule has 1 aromatic rings. The smallest absolute Gasteiger partial charge is 0.126 e. The van der Waals surface area contributed by atoms with E-state index in [1.54, 1.807) is 12.1 Å². The molecule has 0 saturated carbocycles. The standard InChI is InChI=1S/C11H15FO2/c1-2-13-7-4-8-14-11-6-3-5-10(12)9-11/h3,5-6,9H,2,4,7-8H2,1H3. The molecule has 0 saturated heterocycles. The molecular weight excluding hydrogens is 183 g/mol. The highest BCUT2D eigenvalue weighted by Crippen LogP contribution is 2.11. The lowest BCUT2D eigenvalue weighted by atomic mass is 10.3. The van der Waals surface area contributed by atoms with E-state index in [1.807, 2.05) is 6.92 Å². The molecule has 78 valence electrons.